The van der Waals surface area contributed by atoms with Crippen molar-refractivity contribution in [3.8, 4) is 0 Å². The standard InChI is InChI=1S/C7H9N3O3S2/c8-5-1-3-6(4-2-5)15(12,13)10-7(11)9-14/h1-4,14H,8H2,(H2,9,10,11). The number of thiol groups is 1. The highest BCUT2D eigenvalue weighted by molar-refractivity contribution is 7.90. The maximum atomic E-state index is 11.5. The van der Waals surface area contributed by atoms with Gasteiger partial charge in [-0.15, -0.1) is 0 Å². The third-order valence-electron chi connectivity index (χ3n) is 1.52. The van der Waals surface area contributed by atoms with Crippen LogP contribution in [0.15, 0.2) is 29.2 Å². The molecule has 0 aromatic heterocycles. The predicted molar refractivity (Wildman–Crippen MR) is 58.7 cm³/mol. The smallest absolute Gasteiger partial charge is 0.338 e. The highest BCUT2D eigenvalue weighted by Gasteiger charge is 2.16. The van der Waals surface area contributed by atoms with Crippen molar-refractivity contribution in [3.63, 3.8) is 0 Å². The lowest BCUT2D eigenvalue weighted by molar-refractivity contribution is 0.251. The Balaban J connectivity index is 2.96. The highest BCUT2D eigenvalue weighted by Crippen LogP contribution is 2.10. The third kappa shape index (κ3) is 3.03. The van der Waals surface area contributed by atoms with Gasteiger partial charge < -0.3 is 5.73 Å². The van der Waals surface area contributed by atoms with Gasteiger partial charge in [-0.25, -0.2) is 17.9 Å². The second kappa shape index (κ2) is 4.41. The summed E-state index contributed by atoms with van der Waals surface area (Å²) in [6.45, 7) is 0. The molecule has 0 saturated heterocycles. The fourth-order valence-electron chi connectivity index (χ4n) is 0.851. The summed E-state index contributed by atoms with van der Waals surface area (Å²) in [4.78, 5) is 10.7. The largest absolute Gasteiger partial charge is 0.399 e. The number of urea groups is 1. The van der Waals surface area contributed by atoms with E-state index in [-0.39, 0.29) is 4.90 Å². The molecule has 0 unspecified atom stereocenters. The zero-order valence-electron chi connectivity index (χ0n) is 7.47. The van der Waals surface area contributed by atoms with E-state index in [2.05, 4.69) is 12.8 Å². The first-order valence-electron chi connectivity index (χ1n) is 3.78. The van der Waals surface area contributed by atoms with Gasteiger partial charge in [0.2, 0.25) is 0 Å². The normalized spacial score (nSPS) is 10.7. The third-order valence-corrected chi connectivity index (χ3v) is 3.07. The number of anilines is 1. The van der Waals surface area contributed by atoms with Crippen LogP contribution in [0, 0.1) is 0 Å². The van der Waals surface area contributed by atoms with Crippen LogP contribution in [-0.2, 0) is 10.0 Å². The van der Waals surface area contributed by atoms with Crippen molar-refractivity contribution in [3.05, 3.63) is 24.3 Å². The number of amides is 2. The van der Waals surface area contributed by atoms with E-state index in [1.165, 1.54) is 24.3 Å². The van der Waals surface area contributed by atoms with E-state index in [4.69, 9.17) is 5.73 Å². The zero-order valence-corrected chi connectivity index (χ0v) is 9.18. The molecule has 1 aromatic rings. The molecule has 2 amide bonds. The molecular weight excluding hydrogens is 238 g/mol. The van der Waals surface area contributed by atoms with Crippen LogP contribution in [0.2, 0.25) is 0 Å². The van der Waals surface area contributed by atoms with Crippen LogP contribution in [0.4, 0.5) is 10.5 Å². The number of rotatable bonds is 2. The molecule has 0 fully saturated rings. The number of nitrogen functional groups attached to an aromatic ring is 1. The van der Waals surface area contributed by atoms with E-state index in [0.29, 0.717) is 5.69 Å². The molecule has 6 nitrogen and oxygen atoms in total. The summed E-state index contributed by atoms with van der Waals surface area (Å²) in [6.07, 6.45) is 0. The van der Waals surface area contributed by atoms with Gasteiger partial charge in [-0.3, -0.25) is 4.72 Å². The Morgan fingerprint density at radius 2 is 1.80 bits per heavy atom. The second-order valence-corrected chi connectivity index (χ2v) is 4.52. The van der Waals surface area contributed by atoms with Crippen molar-refractivity contribution in [1.82, 2.24) is 9.44 Å². The van der Waals surface area contributed by atoms with Gasteiger partial charge in [-0.2, -0.15) is 0 Å². The number of nitrogens with one attached hydrogen (secondary N) is 2. The fourth-order valence-corrected chi connectivity index (χ4v) is 1.89. The van der Waals surface area contributed by atoms with Gasteiger partial charge >= 0.3 is 6.03 Å². The molecule has 0 bridgehead atoms. The van der Waals surface area contributed by atoms with Crippen molar-refractivity contribution in [2.75, 3.05) is 5.73 Å². The molecule has 0 aliphatic rings. The lowest BCUT2D eigenvalue weighted by Crippen LogP contribution is -2.35. The Morgan fingerprint density at radius 3 is 2.27 bits per heavy atom. The Morgan fingerprint density at radius 1 is 1.27 bits per heavy atom. The van der Waals surface area contributed by atoms with Gasteiger partial charge in [-0.1, -0.05) is 12.8 Å². The van der Waals surface area contributed by atoms with Crippen LogP contribution < -0.4 is 15.2 Å². The minimum atomic E-state index is -3.85. The Bertz CT molecular complexity index is 455. The van der Waals surface area contributed by atoms with Crippen LogP contribution in [0.5, 0.6) is 0 Å². The first-order chi connectivity index (χ1) is 6.95. The number of hydrogen-bond donors (Lipinski definition) is 4. The minimum Gasteiger partial charge on any atom is -0.399 e. The van der Waals surface area contributed by atoms with Crippen molar-refractivity contribution >= 4 is 34.6 Å². The molecule has 0 aliphatic heterocycles. The van der Waals surface area contributed by atoms with Crippen molar-refractivity contribution in [2.45, 2.75) is 4.90 Å². The van der Waals surface area contributed by atoms with E-state index < -0.39 is 16.1 Å². The summed E-state index contributed by atoms with van der Waals surface area (Å²) in [5.74, 6) is 0. The summed E-state index contributed by atoms with van der Waals surface area (Å²) >= 11 is 3.41. The molecule has 15 heavy (non-hydrogen) atoms. The van der Waals surface area contributed by atoms with Gasteiger partial charge in [0.1, 0.15) is 0 Å². The first kappa shape index (κ1) is 11.7. The average Bonchev–Trinajstić information content (AvgIpc) is 2.17. The van der Waals surface area contributed by atoms with E-state index in [9.17, 15) is 13.2 Å². The Hall–Kier alpha value is -1.41. The van der Waals surface area contributed by atoms with Crippen LogP contribution in [0.3, 0.4) is 0 Å². The molecule has 0 heterocycles. The number of carbonyl (C=O) groups is 1. The average molecular weight is 247 g/mol. The molecule has 0 atom stereocenters. The molecule has 0 radical (unpaired) electrons. The van der Waals surface area contributed by atoms with Gasteiger partial charge in [0, 0.05) is 5.69 Å². The number of hydrogen-bond acceptors (Lipinski definition) is 5. The molecular formula is C7H9N3O3S2. The van der Waals surface area contributed by atoms with Crippen LogP contribution in [0.25, 0.3) is 0 Å². The van der Waals surface area contributed by atoms with Gasteiger partial charge in [-0.05, 0) is 24.3 Å². The molecule has 8 heteroatoms. The van der Waals surface area contributed by atoms with E-state index in [0.717, 1.165) is 0 Å². The Kier molecular flexibility index (Phi) is 3.43. The number of benzene rings is 1. The SMILES string of the molecule is Nc1ccc(S(=O)(=O)NC(=O)NS)cc1. The monoisotopic (exact) mass is 247 g/mol. The van der Waals surface area contributed by atoms with Crippen LogP contribution in [-0.4, -0.2) is 14.4 Å². The highest BCUT2D eigenvalue weighted by atomic mass is 32.2. The maximum Gasteiger partial charge on any atom is 0.338 e. The molecule has 4 N–H and O–H groups in total. The van der Waals surface area contributed by atoms with Gasteiger partial charge in [0.05, 0.1) is 4.90 Å². The van der Waals surface area contributed by atoms with E-state index in [1.54, 1.807) is 4.72 Å². The summed E-state index contributed by atoms with van der Waals surface area (Å²) in [5.41, 5.74) is 5.83. The molecule has 1 aromatic carbocycles. The summed E-state index contributed by atoms with van der Waals surface area (Å²) < 4.78 is 26.5. The van der Waals surface area contributed by atoms with Gasteiger partial charge in [0.25, 0.3) is 10.0 Å². The van der Waals surface area contributed by atoms with Gasteiger partial charge in [0.15, 0.2) is 0 Å². The number of nitrogens with two attached hydrogens (primary N) is 1. The first-order valence-corrected chi connectivity index (χ1v) is 5.71. The summed E-state index contributed by atoms with van der Waals surface area (Å²) in [6, 6.07) is 4.52. The van der Waals surface area contributed by atoms with Crippen molar-refractivity contribution in [2.24, 2.45) is 0 Å². The lowest BCUT2D eigenvalue weighted by Gasteiger charge is -2.05. The topological polar surface area (TPSA) is 101 Å². The Labute approximate surface area is 92.4 Å². The minimum absolute atomic E-state index is 0.0476. The van der Waals surface area contributed by atoms with Crippen LogP contribution >= 0.6 is 12.8 Å². The van der Waals surface area contributed by atoms with E-state index in [1.807, 2.05) is 4.72 Å². The predicted octanol–water partition coefficient (Wildman–Crippen LogP) is 0.102. The quantitative estimate of drug-likeness (QED) is 0.440. The molecule has 0 saturated carbocycles. The molecule has 82 valence electrons. The lowest BCUT2D eigenvalue weighted by atomic mass is 10.3. The molecule has 0 spiro atoms. The second-order valence-electron chi connectivity index (χ2n) is 2.62. The zero-order chi connectivity index (χ0) is 11.5. The number of sulfonamides is 1. The van der Waals surface area contributed by atoms with Crippen molar-refractivity contribution < 1.29 is 13.2 Å². The molecule has 0 aliphatic carbocycles. The van der Waals surface area contributed by atoms with E-state index >= 15 is 0 Å². The van der Waals surface area contributed by atoms with Crippen molar-refractivity contribution in [1.29, 1.82) is 0 Å². The maximum absolute atomic E-state index is 11.5. The fraction of sp³-hybridized carbons (Fsp3) is 0. The summed E-state index contributed by atoms with van der Waals surface area (Å²) in [7, 11) is -3.85. The summed E-state index contributed by atoms with van der Waals surface area (Å²) in [5, 5.41) is 0. The van der Waals surface area contributed by atoms with Crippen LogP contribution in [0.1, 0.15) is 0 Å². The molecule has 1 rings (SSSR count). The number of carbonyl (C=O) groups excluding carboxylic acids is 1.